The van der Waals surface area contributed by atoms with Gasteiger partial charge in [-0.3, -0.25) is 14.2 Å². The number of piperazine rings is 1. The number of carbonyl (C=O) groups is 1. The van der Waals surface area contributed by atoms with E-state index in [1.807, 2.05) is 4.90 Å². The summed E-state index contributed by atoms with van der Waals surface area (Å²) in [4.78, 5) is 32.5. The van der Waals surface area contributed by atoms with Gasteiger partial charge in [0.15, 0.2) is 4.77 Å². The number of benzene rings is 1. The van der Waals surface area contributed by atoms with Crippen LogP contribution in [0.25, 0.3) is 10.9 Å². The second-order valence-electron chi connectivity index (χ2n) is 7.70. The van der Waals surface area contributed by atoms with Gasteiger partial charge in [-0.15, -0.1) is 0 Å². The topological polar surface area (TPSA) is 62.5 Å². The molecule has 1 amide bonds. The number of aromatic nitrogens is 2. The lowest BCUT2D eigenvalue weighted by Crippen LogP contribution is -3.14. The number of hydrogen-bond acceptors (Lipinski definition) is 3. The van der Waals surface area contributed by atoms with Gasteiger partial charge in [0.05, 0.1) is 43.6 Å². The summed E-state index contributed by atoms with van der Waals surface area (Å²) in [5.74, 6) is 0.0337. The van der Waals surface area contributed by atoms with Crippen molar-refractivity contribution in [3.8, 4) is 0 Å². The van der Waals surface area contributed by atoms with Gasteiger partial charge in [-0.05, 0) is 50.2 Å². The van der Waals surface area contributed by atoms with Crippen molar-refractivity contribution in [1.29, 1.82) is 0 Å². The second kappa shape index (κ2) is 7.56. The SMILES string of the molecule is CC[NH+]1CCN(C(=O)c2ccc3c(=O)n(C4CCCC4)c(=S)[nH]c3c2)CC1. The van der Waals surface area contributed by atoms with Crippen LogP contribution in [0.3, 0.4) is 0 Å². The second-order valence-corrected chi connectivity index (χ2v) is 8.09. The Morgan fingerprint density at radius 3 is 2.63 bits per heavy atom. The van der Waals surface area contributed by atoms with Crippen LogP contribution in [-0.4, -0.2) is 53.1 Å². The lowest BCUT2D eigenvalue weighted by molar-refractivity contribution is -0.902. The van der Waals surface area contributed by atoms with Crippen molar-refractivity contribution in [1.82, 2.24) is 14.5 Å². The molecule has 2 heterocycles. The van der Waals surface area contributed by atoms with E-state index in [4.69, 9.17) is 12.2 Å². The van der Waals surface area contributed by atoms with Crippen molar-refractivity contribution in [2.24, 2.45) is 0 Å². The van der Waals surface area contributed by atoms with Crippen molar-refractivity contribution < 1.29 is 9.69 Å². The van der Waals surface area contributed by atoms with E-state index in [0.29, 0.717) is 21.2 Å². The van der Waals surface area contributed by atoms with E-state index in [0.717, 1.165) is 58.4 Å². The molecule has 1 aromatic carbocycles. The minimum atomic E-state index is -0.0418. The molecule has 144 valence electrons. The summed E-state index contributed by atoms with van der Waals surface area (Å²) in [7, 11) is 0. The van der Waals surface area contributed by atoms with Gasteiger partial charge in [-0.1, -0.05) is 12.8 Å². The number of aromatic amines is 1. The highest BCUT2D eigenvalue weighted by Crippen LogP contribution is 2.28. The number of nitrogens with one attached hydrogen (secondary N) is 2. The van der Waals surface area contributed by atoms with E-state index >= 15 is 0 Å². The number of hydrogen-bond donors (Lipinski definition) is 2. The molecule has 0 unspecified atom stereocenters. The Bertz CT molecular complexity index is 966. The molecular formula is C20H27N4O2S+. The Morgan fingerprint density at radius 2 is 1.96 bits per heavy atom. The van der Waals surface area contributed by atoms with Crippen molar-refractivity contribution in [2.75, 3.05) is 32.7 Å². The Balaban J connectivity index is 1.65. The summed E-state index contributed by atoms with van der Waals surface area (Å²) in [5.41, 5.74) is 1.23. The van der Waals surface area contributed by atoms with Crippen LogP contribution in [0.1, 0.15) is 49.0 Å². The Kier molecular flexibility index (Phi) is 5.14. The van der Waals surface area contributed by atoms with Gasteiger partial charge < -0.3 is 14.8 Å². The zero-order chi connectivity index (χ0) is 19.0. The van der Waals surface area contributed by atoms with Crippen LogP contribution >= 0.6 is 12.2 Å². The number of carbonyl (C=O) groups excluding carboxylic acids is 1. The number of rotatable bonds is 3. The molecule has 4 rings (SSSR count). The molecule has 1 aliphatic heterocycles. The number of fused-ring (bicyclic) bond motifs is 1. The molecule has 0 radical (unpaired) electrons. The van der Waals surface area contributed by atoms with Crippen LogP contribution in [0.5, 0.6) is 0 Å². The normalized spacial score (nSPS) is 19.1. The van der Waals surface area contributed by atoms with E-state index in [-0.39, 0.29) is 17.5 Å². The number of amides is 1. The molecule has 2 fully saturated rings. The molecule has 0 spiro atoms. The Hall–Kier alpha value is -1.99. The predicted molar refractivity (Wildman–Crippen MR) is 108 cm³/mol. The van der Waals surface area contributed by atoms with Gasteiger partial charge in [0.25, 0.3) is 11.5 Å². The lowest BCUT2D eigenvalue weighted by Gasteiger charge is -2.31. The lowest BCUT2D eigenvalue weighted by atomic mass is 10.1. The van der Waals surface area contributed by atoms with Gasteiger partial charge in [0.1, 0.15) is 0 Å². The fraction of sp³-hybridized carbons (Fsp3) is 0.550. The van der Waals surface area contributed by atoms with Crippen molar-refractivity contribution in [3.05, 3.63) is 38.9 Å². The third-order valence-electron chi connectivity index (χ3n) is 6.12. The zero-order valence-electron chi connectivity index (χ0n) is 15.8. The highest BCUT2D eigenvalue weighted by molar-refractivity contribution is 7.71. The van der Waals surface area contributed by atoms with Crippen LogP contribution in [0.2, 0.25) is 0 Å². The van der Waals surface area contributed by atoms with E-state index in [2.05, 4.69) is 11.9 Å². The van der Waals surface area contributed by atoms with Crippen molar-refractivity contribution in [3.63, 3.8) is 0 Å². The molecule has 1 aliphatic carbocycles. The zero-order valence-corrected chi connectivity index (χ0v) is 16.6. The smallest absolute Gasteiger partial charge is 0.262 e. The molecule has 7 heteroatoms. The summed E-state index contributed by atoms with van der Waals surface area (Å²) in [6.45, 7) is 6.81. The van der Waals surface area contributed by atoms with E-state index in [1.165, 1.54) is 4.90 Å². The van der Waals surface area contributed by atoms with Crippen LogP contribution in [0, 0.1) is 4.77 Å². The number of quaternary nitrogens is 1. The maximum absolute atomic E-state index is 13.0. The largest absolute Gasteiger partial charge is 0.332 e. The first-order valence-electron chi connectivity index (χ1n) is 10.00. The maximum Gasteiger partial charge on any atom is 0.262 e. The number of nitrogens with zero attached hydrogens (tertiary/aromatic N) is 2. The van der Waals surface area contributed by atoms with Crippen LogP contribution in [0.15, 0.2) is 23.0 Å². The van der Waals surface area contributed by atoms with E-state index in [1.54, 1.807) is 22.8 Å². The van der Waals surface area contributed by atoms with Crippen molar-refractivity contribution >= 4 is 29.0 Å². The standard InChI is InChI=1S/C20H26N4O2S/c1-2-22-9-11-23(12-10-22)18(25)14-7-8-16-17(13-14)21-20(27)24(19(16)26)15-5-3-4-6-15/h7-8,13,15H,2-6,9-12H2,1H3,(H,21,27)/p+1. The van der Waals surface area contributed by atoms with Crippen LogP contribution in [0.4, 0.5) is 0 Å². The molecule has 1 saturated heterocycles. The van der Waals surface area contributed by atoms with Gasteiger partial charge >= 0.3 is 0 Å². The Morgan fingerprint density at radius 1 is 1.26 bits per heavy atom. The van der Waals surface area contributed by atoms with E-state index < -0.39 is 0 Å². The van der Waals surface area contributed by atoms with E-state index in [9.17, 15) is 9.59 Å². The summed E-state index contributed by atoms with van der Waals surface area (Å²) >= 11 is 5.47. The number of H-pyrrole nitrogens is 1. The molecular weight excluding hydrogens is 360 g/mol. The highest BCUT2D eigenvalue weighted by Gasteiger charge is 2.24. The summed E-state index contributed by atoms with van der Waals surface area (Å²) in [5, 5.41) is 0.604. The summed E-state index contributed by atoms with van der Waals surface area (Å²) in [6.07, 6.45) is 4.30. The molecule has 6 nitrogen and oxygen atoms in total. The van der Waals surface area contributed by atoms with Crippen LogP contribution in [-0.2, 0) is 0 Å². The molecule has 2 aliphatic rings. The third-order valence-corrected chi connectivity index (χ3v) is 6.42. The minimum Gasteiger partial charge on any atom is -0.332 e. The molecule has 1 saturated carbocycles. The monoisotopic (exact) mass is 387 g/mol. The molecule has 0 bridgehead atoms. The fourth-order valence-electron chi connectivity index (χ4n) is 4.42. The fourth-order valence-corrected chi connectivity index (χ4v) is 4.76. The summed E-state index contributed by atoms with van der Waals surface area (Å²) < 4.78 is 2.20. The average molecular weight is 388 g/mol. The van der Waals surface area contributed by atoms with Gasteiger partial charge in [-0.2, -0.15) is 0 Å². The van der Waals surface area contributed by atoms with Gasteiger partial charge in [0, 0.05) is 11.6 Å². The molecule has 1 aromatic heterocycles. The maximum atomic E-state index is 13.0. The molecule has 2 aromatic rings. The molecule has 27 heavy (non-hydrogen) atoms. The molecule has 0 atom stereocenters. The highest BCUT2D eigenvalue weighted by atomic mass is 32.1. The minimum absolute atomic E-state index is 0.0337. The first kappa shape index (κ1) is 18.4. The van der Waals surface area contributed by atoms with Crippen LogP contribution < -0.4 is 10.5 Å². The summed E-state index contributed by atoms with van der Waals surface area (Å²) in [6, 6.07) is 5.53. The van der Waals surface area contributed by atoms with Gasteiger partial charge in [-0.25, -0.2) is 0 Å². The third kappa shape index (κ3) is 3.46. The Labute approximate surface area is 163 Å². The van der Waals surface area contributed by atoms with Crippen molar-refractivity contribution in [2.45, 2.75) is 38.6 Å². The average Bonchev–Trinajstić information content (AvgIpc) is 3.21. The quantitative estimate of drug-likeness (QED) is 0.786. The first-order valence-corrected chi connectivity index (χ1v) is 10.4. The first-order chi connectivity index (χ1) is 13.1. The van der Waals surface area contributed by atoms with Gasteiger partial charge in [0.2, 0.25) is 0 Å². The number of likely N-dealkylation sites (N-methyl/N-ethyl adjacent to an activating group) is 1. The predicted octanol–water partition coefficient (Wildman–Crippen LogP) is 1.53. The molecule has 2 N–H and O–H groups in total.